The molecule has 86 valence electrons. The molecule has 1 aromatic rings. The molecule has 0 radical (unpaired) electrons. The zero-order valence-corrected chi connectivity index (χ0v) is 8.55. The average molecular weight is 223 g/mol. The first-order valence-corrected chi connectivity index (χ1v) is 5.03. The van der Waals surface area contributed by atoms with Crippen molar-refractivity contribution >= 4 is 11.7 Å². The van der Waals surface area contributed by atoms with Crippen molar-refractivity contribution in [2.24, 2.45) is 0 Å². The zero-order valence-electron chi connectivity index (χ0n) is 8.55. The predicted molar refractivity (Wildman–Crippen MR) is 56.9 cm³/mol. The molecular weight excluding hydrogens is 210 g/mol. The summed E-state index contributed by atoms with van der Waals surface area (Å²) in [5, 5.41) is 24.0. The quantitative estimate of drug-likeness (QED) is 0.539. The van der Waals surface area contributed by atoms with Gasteiger partial charge in [0.15, 0.2) is 11.6 Å². The average Bonchev–Trinajstić information content (AvgIpc) is 2.68. The highest BCUT2D eigenvalue weighted by atomic mass is 16.3. The van der Waals surface area contributed by atoms with Crippen LogP contribution < -0.4 is 10.6 Å². The van der Waals surface area contributed by atoms with E-state index in [9.17, 15) is 15.0 Å². The molecule has 2 atom stereocenters. The first-order valence-electron chi connectivity index (χ1n) is 5.03. The van der Waals surface area contributed by atoms with Crippen molar-refractivity contribution in [2.75, 3.05) is 11.9 Å². The second-order valence-electron chi connectivity index (χ2n) is 3.71. The Bertz CT molecular complexity index is 397. The van der Waals surface area contributed by atoms with Crippen LogP contribution in [0.25, 0.3) is 0 Å². The summed E-state index contributed by atoms with van der Waals surface area (Å²) >= 11 is 0. The van der Waals surface area contributed by atoms with E-state index in [1.54, 1.807) is 6.07 Å². The van der Waals surface area contributed by atoms with Gasteiger partial charge in [0.25, 0.3) is 0 Å². The third kappa shape index (κ3) is 2.29. The summed E-state index contributed by atoms with van der Waals surface area (Å²) < 4.78 is 0. The highest BCUT2D eigenvalue weighted by Gasteiger charge is 2.28. The maximum atomic E-state index is 11.7. The monoisotopic (exact) mass is 223 g/mol. The number of aromatic nitrogens is 1. The van der Waals surface area contributed by atoms with Crippen molar-refractivity contribution in [2.45, 2.75) is 18.6 Å². The highest BCUT2D eigenvalue weighted by molar-refractivity contribution is 5.95. The van der Waals surface area contributed by atoms with Gasteiger partial charge in [0, 0.05) is 12.7 Å². The number of pyridine rings is 1. The number of amides is 1. The summed E-state index contributed by atoms with van der Waals surface area (Å²) in [6.07, 6.45) is 1.36. The Morgan fingerprint density at radius 2 is 2.44 bits per heavy atom. The van der Waals surface area contributed by atoms with Crippen LogP contribution in [0.4, 0.5) is 5.82 Å². The van der Waals surface area contributed by atoms with E-state index in [2.05, 4.69) is 15.6 Å². The van der Waals surface area contributed by atoms with Gasteiger partial charge in [-0.15, -0.1) is 0 Å². The molecule has 0 bridgehead atoms. The number of β-amino-alcohol motifs (C(OH)–C–C–N with tert-alkyl or cyclic N) is 1. The van der Waals surface area contributed by atoms with E-state index in [0.29, 0.717) is 13.0 Å². The predicted octanol–water partition coefficient (Wildman–Crippen LogP) is -0.552. The Labute approximate surface area is 92.3 Å². The summed E-state index contributed by atoms with van der Waals surface area (Å²) in [6.45, 7) is 0.409. The van der Waals surface area contributed by atoms with Crippen LogP contribution in [-0.4, -0.2) is 39.8 Å². The van der Waals surface area contributed by atoms with Gasteiger partial charge in [0.2, 0.25) is 5.91 Å². The molecule has 1 fully saturated rings. The van der Waals surface area contributed by atoms with Crippen LogP contribution in [0.1, 0.15) is 6.42 Å². The summed E-state index contributed by atoms with van der Waals surface area (Å²) in [7, 11) is 0. The van der Waals surface area contributed by atoms with Crippen LogP contribution in [-0.2, 0) is 4.79 Å². The minimum Gasteiger partial charge on any atom is -0.504 e. The normalized spacial score (nSPS) is 24.3. The molecular formula is C10H13N3O3. The smallest absolute Gasteiger partial charge is 0.242 e. The molecule has 1 aliphatic heterocycles. The van der Waals surface area contributed by atoms with E-state index >= 15 is 0 Å². The molecule has 1 amide bonds. The molecule has 6 nitrogen and oxygen atoms in total. The molecule has 0 aromatic carbocycles. The summed E-state index contributed by atoms with van der Waals surface area (Å²) in [5.74, 6) is -0.240. The summed E-state index contributed by atoms with van der Waals surface area (Å²) in [5.41, 5.74) is 0. The number of carbonyl (C=O) groups excluding carboxylic acids is 1. The Morgan fingerprint density at radius 1 is 1.62 bits per heavy atom. The van der Waals surface area contributed by atoms with Crippen molar-refractivity contribution in [3.63, 3.8) is 0 Å². The number of hydrogen-bond donors (Lipinski definition) is 4. The lowest BCUT2D eigenvalue weighted by molar-refractivity contribution is -0.118. The lowest BCUT2D eigenvalue weighted by Gasteiger charge is -2.10. The van der Waals surface area contributed by atoms with E-state index in [1.807, 2.05) is 0 Å². The van der Waals surface area contributed by atoms with Crippen LogP contribution in [0.2, 0.25) is 0 Å². The van der Waals surface area contributed by atoms with Crippen LogP contribution in [0.15, 0.2) is 18.3 Å². The lowest BCUT2D eigenvalue weighted by Crippen LogP contribution is -2.35. The molecule has 1 saturated heterocycles. The number of hydrogen-bond acceptors (Lipinski definition) is 5. The maximum Gasteiger partial charge on any atom is 0.242 e. The van der Waals surface area contributed by atoms with Gasteiger partial charge < -0.3 is 20.8 Å². The van der Waals surface area contributed by atoms with Crippen molar-refractivity contribution in [3.05, 3.63) is 18.3 Å². The molecule has 16 heavy (non-hydrogen) atoms. The van der Waals surface area contributed by atoms with E-state index in [-0.39, 0.29) is 17.5 Å². The highest BCUT2D eigenvalue weighted by Crippen LogP contribution is 2.19. The first kappa shape index (κ1) is 10.8. The number of anilines is 1. The summed E-state index contributed by atoms with van der Waals surface area (Å²) in [4.78, 5) is 15.5. The minimum absolute atomic E-state index is 0.0746. The minimum atomic E-state index is -0.493. The number of rotatable bonds is 2. The third-order valence-electron chi connectivity index (χ3n) is 2.45. The van der Waals surface area contributed by atoms with Gasteiger partial charge in [0.1, 0.15) is 0 Å². The standard InChI is InChI=1S/C10H13N3O3/c14-6-4-7(12-5-6)10(16)13-9-8(15)2-1-3-11-9/h1-3,6-7,12,14-15H,4-5H2,(H,11,13,16). The topological polar surface area (TPSA) is 94.5 Å². The molecule has 2 unspecified atom stereocenters. The van der Waals surface area contributed by atoms with E-state index in [0.717, 1.165) is 0 Å². The van der Waals surface area contributed by atoms with Gasteiger partial charge >= 0.3 is 0 Å². The first-order chi connectivity index (χ1) is 7.66. The van der Waals surface area contributed by atoms with Crippen molar-refractivity contribution < 1.29 is 15.0 Å². The molecule has 0 spiro atoms. The number of aliphatic hydroxyl groups excluding tert-OH is 1. The number of nitrogens with zero attached hydrogens (tertiary/aromatic N) is 1. The largest absolute Gasteiger partial charge is 0.504 e. The van der Waals surface area contributed by atoms with Crippen LogP contribution in [0.5, 0.6) is 5.75 Å². The molecule has 2 heterocycles. The van der Waals surface area contributed by atoms with Crippen molar-refractivity contribution in [1.82, 2.24) is 10.3 Å². The van der Waals surface area contributed by atoms with Gasteiger partial charge in [-0.05, 0) is 18.6 Å². The van der Waals surface area contributed by atoms with Gasteiger partial charge in [0.05, 0.1) is 12.1 Å². The Balaban J connectivity index is 2.00. The number of aromatic hydroxyl groups is 1. The Morgan fingerprint density at radius 3 is 3.06 bits per heavy atom. The third-order valence-corrected chi connectivity index (χ3v) is 2.45. The molecule has 0 saturated carbocycles. The Kier molecular flexibility index (Phi) is 3.02. The Hall–Kier alpha value is -1.66. The van der Waals surface area contributed by atoms with Gasteiger partial charge in [-0.1, -0.05) is 0 Å². The van der Waals surface area contributed by atoms with Crippen molar-refractivity contribution in [1.29, 1.82) is 0 Å². The fourth-order valence-electron chi connectivity index (χ4n) is 1.61. The fourth-order valence-corrected chi connectivity index (χ4v) is 1.61. The molecule has 0 aliphatic carbocycles. The summed E-state index contributed by atoms with van der Waals surface area (Å²) in [6, 6.07) is 2.58. The number of nitrogens with one attached hydrogen (secondary N) is 2. The molecule has 4 N–H and O–H groups in total. The number of carbonyl (C=O) groups is 1. The SMILES string of the molecule is O=C(Nc1ncccc1O)C1CC(O)CN1. The maximum absolute atomic E-state index is 11.7. The van der Waals surface area contributed by atoms with Gasteiger partial charge in [-0.3, -0.25) is 4.79 Å². The van der Waals surface area contributed by atoms with Gasteiger partial charge in [-0.25, -0.2) is 4.98 Å². The van der Waals surface area contributed by atoms with Crippen LogP contribution >= 0.6 is 0 Å². The molecule has 6 heteroatoms. The van der Waals surface area contributed by atoms with Gasteiger partial charge in [-0.2, -0.15) is 0 Å². The van der Waals surface area contributed by atoms with E-state index < -0.39 is 12.1 Å². The van der Waals surface area contributed by atoms with Crippen LogP contribution in [0, 0.1) is 0 Å². The fraction of sp³-hybridized carbons (Fsp3) is 0.400. The molecule has 2 rings (SSSR count). The van der Waals surface area contributed by atoms with Crippen LogP contribution in [0.3, 0.4) is 0 Å². The molecule has 1 aromatic heterocycles. The van der Waals surface area contributed by atoms with E-state index in [4.69, 9.17) is 0 Å². The zero-order chi connectivity index (χ0) is 11.5. The second kappa shape index (κ2) is 4.46. The van der Waals surface area contributed by atoms with Crippen molar-refractivity contribution in [3.8, 4) is 5.75 Å². The van der Waals surface area contributed by atoms with E-state index in [1.165, 1.54) is 12.3 Å². The lowest BCUT2D eigenvalue weighted by atomic mass is 10.2. The number of aliphatic hydroxyl groups is 1. The molecule has 1 aliphatic rings. The second-order valence-corrected chi connectivity index (χ2v) is 3.71.